The van der Waals surface area contributed by atoms with E-state index < -0.39 is 10.0 Å². The van der Waals surface area contributed by atoms with Gasteiger partial charge in [-0.25, -0.2) is 8.42 Å². The molecule has 0 atom stereocenters. The van der Waals surface area contributed by atoms with Crippen molar-refractivity contribution < 1.29 is 22.4 Å². The Labute approximate surface area is 188 Å². The van der Waals surface area contributed by atoms with Crippen LogP contribution in [0.15, 0.2) is 45.8 Å². The number of hydrogen-bond acceptors (Lipinski definition) is 7. The van der Waals surface area contributed by atoms with Gasteiger partial charge in [-0.05, 0) is 80.1 Å². The van der Waals surface area contributed by atoms with Crippen LogP contribution in [0, 0.1) is 0 Å². The van der Waals surface area contributed by atoms with Crippen LogP contribution in [-0.4, -0.2) is 43.6 Å². The first-order chi connectivity index (χ1) is 15.4. The van der Waals surface area contributed by atoms with E-state index in [1.807, 2.05) is 37.3 Å². The number of hydrogen-bond donors (Lipinski definition) is 0. The van der Waals surface area contributed by atoms with E-state index in [1.54, 1.807) is 6.07 Å². The Morgan fingerprint density at radius 3 is 2.44 bits per heavy atom. The van der Waals surface area contributed by atoms with Gasteiger partial charge in [-0.1, -0.05) is 5.16 Å². The van der Waals surface area contributed by atoms with Crippen molar-refractivity contribution in [1.82, 2.24) is 14.4 Å². The van der Waals surface area contributed by atoms with Gasteiger partial charge in [0.1, 0.15) is 16.4 Å². The van der Waals surface area contributed by atoms with Crippen molar-refractivity contribution in [1.29, 1.82) is 0 Å². The van der Waals surface area contributed by atoms with E-state index >= 15 is 0 Å². The third-order valence-corrected chi connectivity index (χ3v) is 7.39. The van der Waals surface area contributed by atoms with E-state index in [0.29, 0.717) is 18.2 Å². The lowest BCUT2D eigenvalue weighted by Crippen LogP contribution is -2.27. The van der Waals surface area contributed by atoms with Gasteiger partial charge in [-0.15, -0.1) is 0 Å². The van der Waals surface area contributed by atoms with Crippen LogP contribution in [-0.2, 0) is 29.4 Å². The SMILES string of the molecule is CCOc1ccc(-c2noc(CN(C)S(=O)(=O)c3cc4c(cc3OC)CCCC4)n2)cc1. The molecule has 170 valence electrons. The molecule has 4 rings (SSSR count). The second kappa shape index (κ2) is 9.30. The van der Waals surface area contributed by atoms with Crippen LogP contribution in [0.1, 0.15) is 36.8 Å². The van der Waals surface area contributed by atoms with Crippen molar-refractivity contribution in [2.24, 2.45) is 0 Å². The highest BCUT2D eigenvalue weighted by atomic mass is 32.2. The van der Waals surface area contributed by atoms with Crippen LogP contribution in [0.25, 0.3) is 11.4 Å². The Balaban J connectivity index is 1.54. The van der Waals surface area contributed by atoms with Gasteiger partial charge in [0.2, 0.25) is 21.7 Å². The molecule has 0 aliphatic heterocycles. The summed E-state index contributed by atoms with van der Waals surface area (Å²) >= 11 is 0. The van der Waals surface area contributed by atoms with E-state index in [0.717, 1.165) is 48.1 Å². The molecule has 0 radical (unpaired) electrons. The lowest BCUT2D eigenvalue weighted by molar-refractivity contribution is 0.335. The Morgan fingerprint density at radius 2 is 1.78 bits per heavy atom. The zero-order valence-corrected chi connectivity index (χ0v) is 19.3. The second-order valence-corrected chi connectivity index (χ2v) is 9.72. The Kier molecular flexibility index (Phi) is 6.48. The van der Waals surface area contributed by atoms with Gasteiger partial charge in [-0.2, -0.15) is 9.29 Å². The molecule has 0 unspecified atom stereocenters. The normalized spacial score (nSPS) is 13.8. The number of methoxy groups -OCH3 is 1. The predicted octanol–water partition coefficient (Wildman–Crippen LogP) is 3.84. The molecule has 0 spiro atoms. The highest BCUT2D eigenvalue weighted by Gasteiger charge is 2.28. The van der Waals surface area contributed by atoms with Gasteiger partial charge in [0.05, 0.1) is 20.3 Å². The van der Waals surface area contributed by atoms with Crippen LogP contribution in [0.3, 0.4) is 0 Å². The molecule has 32 heavy (non-hydrogen) atoms. The van der Waals surface area contributed by atoms with Crippen molar-refractivity contribution >= 4 is 10.0 Å². The van der Waals surface area contributed by atoms with Crippen molar-refractivity contribution in [2.45, 2.75) is 44.0 Å². The number of rotatable bonds is 8. The number of ether oxygens (including phenoxy) is 2. The zero-order chi connectivity index (χ0) is 22.7. The molecule has 1 heterocycles. The summed E-state index contributed by atoms with van der Waals surface area (Å²) in [4.78, 5) is 4.52. The third kappa shape index (κ3) is 4.49. The summed E-state index contributed by atoms with van der Waals surface area (Å²) in [5.41, 5.74) is 2.98. The van der Waals surface area contributed by atoms with Gasteiger partial charge < -0.3 is 14.0 Å². The summed E-state index contributed by atoms with van der Waals surface area (Å²) in [6.07, 6.45) is 3.99. The highest BCUT2D eigenvalue weighted by Crippen LogP contribution is 2.33. The molecule has 0 amide bonds. The average Bonchev–Trinajstić information content (AvgIpc) is 3.27. The maximum absolute atomic E-state index is 13.3. The van der Waals surface area contributed by atoms with Crippen LogP contribution >= 0.6 is 0 Å². The van der Waals surface area contributed by atoms with Gasteiger partial charge in [0, 0.05) is 12.6 Å². The van der Waals surface area contributed by atoms with Crippen molar-refractivity contribution in [3.05, 3.63) is 53.4 Å². The van der Waals surface area contributed by atoms with E-state index in [2.05, 4.69) is 10.1 Å². The van der Waals surface area contributed by atoms with E-state index in [9.17, 15) is 8.42 Å². The summed E-state index contributed by atoms with van der Waals surface area (Å²) in [6, 6.07) is 10.9. The van der Waals surface area contributed by atoms with Crippen LogP contribution in [0.4, 0.5) is 0 Å². The van der Waals surface area contributed by atoms with Crippen molar-refractivity contribution in [3.8, 4) is 22.9 Å². The lowest BCUT2D eigenvalue weighted by Gasteiger charge is -2.22. The molecule has 0 saturated heterocycles. The average molecular weight is 458 g/mol. The summed E-state index contributed by atoms with van der Waals surface area (Å²) < 4.78 is 44.0. The molecule has 9 heteroatoms. The predicted molar refractivity (Wildman–Crippen MR) is 119 cm³/mol. The monoisotopic (exact) mass is 457 g/mol. The first-order valence-corrected chi connectivity index (χ1v) is 12.1. The Morgan fingerprint density at radius 1 is 1.09 bits per heavy atom. The number of benzene rings is 2. The smallest absolute Gasteiger partial charge is 0.246 e. The molecule has 1 aromatic heterocycles. The van der Waals surface area contributed by atoms with Gasteiger partial charge in [0.15, 0.2) is 0 Å². The fourth-order valence-electron chi connectivity index (χ4n) is 3.85. The van der Waals surface area contributed by atoms with Crippen LogP contribution < -0.4 is 9.47 Å². The van der Waals surface area contributed by atoms with Crippen LogP contribution in [0.2, 0.25) is 0 Å². The minimum Gasteiger partial charge on any atom is -0.495 e. The topological polar surface area (TPSA) is 94.8 Å². The molecule has 3 aromatic rings. The molecular formula is C23H27N3O5S. The van der Waals surface area contributed by atoms with E-state index in [4.69, 9.17) is 14.0 Å². The minimum atomic E-state index is -3.82. The molecule has 0 bridgehead atoms. The fourth-order valence-corrected chi connectivity index (χ4v) is 5.15. The molecule has 0 fully saturated rings. The minimum absolute atomic E-state index is 0.0490. The van der Waals surface area contributed by atoms with E-state index in [-0.39, 0.29) is 17.3 Å². The van der Waals surface area contributed by atoms with Crippen molar-refractivity contribution in [2.75, 3.05) is 20.8 Å². The Bertz CT molecular complexity index is 1190. The summed E-state index contributed by atoms with van der Waals surface area (Å²) in [7, 11) is -0.831. The number of nitrogens with zero attached hydrogens (tertiary/aromatic N) is 3. The maximum Gasteiger partial charge on any atom is 0.246 e. The standard InChI is InChI=1S/C23H27N3O5S/c1-4-30-19-11-9-16(10-12-19)23-24-22(31-25-23)15-26(2)32(27,28)21-14-18-8-6-5-7-17(18)13-20(21)29-3/h9-14H,4-8,15H2,1-3H3. The fraction of sp³-hybridized carbons (Fsp3) is 0.391. The number of sulfonamides is 1. The molecule has 1 aliphatic carbocycles. The second-order valence-electron chi connectivity index (χ2n) is 7.71. The van der Waals surface area contributed by atoms with Crippen molar-refractivity contribution in [3.63, 3.8) is 0 Å². The summed E-state index contributed by atoms with van der Waals surface area (Å²) in [5.74, 6) is 1.71. The Hall–Kier alpha value is -2.91. The third-order valence-electron chi connectivity index (χ3n) is 5.57. The summed E-state index contributed by atoms with van der Waals surface area (Å²) in [6.45, 7) is 2.46. The largest absolute Gasteiger partial charge is 0.495 e. The number of aromatic nitrogens is 2. The highest BCUT2D eigenvalue weighted by molar-refractivity contribution is 7.89. The molecule has 0 saturated carbocycles. The number of aryl methyl sites for hydroxylation is 2. The molecular weight excluding hydrogens is 430 g/mol. The molecule has 0 N–H and O–H groups in total. The molecule has 1 aliphatic rings. The molecule has 8 nitrogen and oxygen atoms in total. The van der Waals surface area contributed by atoms with Crippen LogP contribution in [0.5, 0.6) is 11.5 Å². The van der Waals surface area contributed by atoms with Gasteiger partial charge >= 0.3 is 0 Å². The van der Waals surface area contributed by atoms with Gasteiger partial charge in [-0.3, -0.25) is 0 Å². The van der Waals surface area contributed by atoms with E-state index in [1.165, 1.54) is 18.5 Å². The number of fused-ring (bicyclic) bond motifs is 1. The summed E-state index contributed by atoms with van der Waals surface area (Å²) in [5, 5.41) is 3.99. The first-order valence-electron chi connectivity index (χ1n) is 10.6. The lowest BCUT2D eigenvalue weighted by atomic mass is 9.92. The zero-order valence-electron chi connectivity index (χ0n) is 18.5. The first kappa shape index (κ1) is 22.3. The maximum atomic E-state index is 13.3. The molecule has 2 aromatic carbocycles. The quantitative estimate of drug-likeness (QED) is 0.507. The van der Waals surface area contributed by atoms with Gasteiger partial charge in [0.25, 0.3) is 0 Å².